The second kappa shape index (κ2) is 9.89. The molecule has 2 N–H and O–H groups in total. The lowest BCUT2D eigenvalue weighted by Crippen LogP contribution is -2.32. The van der Waals surface area contributed by atoms with Crippen LogP contribution in [0.1, 0.15) is 50.2 Å². The Kier molecular flexibility index (Phi) is 6.78. The Morgan fingerprint density at radius 3 is 2.50 bits per heavy atom. The molecule has 32 heavy (non-hydrogen) atoms. The van der Waals surface area contributed by atoms with Gasteiger partial charge in [-0.25, -0.2) is 0 Å². The van der Waals surface area contributed by atoms with Crippen LogP contribution in [0.5, 0.6) is 0 Å². The van der Waals surface area contributed by atoms with E-state index in [1.807, 2.05) is 54.6 Å². The highest BCUT2D eigenvalue weighted by Gasteiger charge is 2.28. The number of benzene rings is 2. The molecular weight excluding hydrogens is 404 g/mol. The van der Waals surface area contributed by atoms with Gasteiger partial charge in [-0.1, -0.05) is 54.6 Å². The first-order chi connectivity index (χ1) is 15.5. The molecule has 2 aromatic carbocycles. The van der Waals surface area contributed by atoms with Crippen LogP contribution in [0.25, 0.3) is 0 Å². The van der Waals surface area contributed by atoms with Crippen LogP contribution in [0.2, 0.25) is 0 Å². The lowest BCUT2D eigenvalue weighted by atomic mass is 10.0. The molecule has 0 saturated heterocycles. The fourth-order valence-electron chi connectivity index (χ4n) is 4.11. The number of rotatable bonds is 8. The second-order valence-electron chi connectivity index (χ2n) is 8.10. The molecule has 0 atom stereocenters. The number of carbonyl (C=O) groups excluding carboxylic acids is 2. The van der Waals surface area contributed by atoms with Gasteiger partial charge in [0.05, 0.1) is 13.2 Å². The summed E-state index contributed by atoms with van der Waals surface area (Å²) in [6, 6.07) is 17.5. The molecule has 0 bridgehead atoms. The zero-order chi connectivity index (χ0) is 22.5. The summed E-state index contributed by atoms with van der Waals surface area (Å²) in [6.45, 7) is 4.54. The molecule has 1 amide bonds. The van der Waals surface area contributed by atoms with E-state index in [-0.39, 0.29) is 18.3 Å². The molecule has 0 unspecified atom stereocenters. The maximum atomic E-state index is 13.0. The van der Waals surface area contributed by atoms with Crippen molar-refractivity contribution < 1.29 is 14.7 Å². The Bertz CT molecular complexity index is 1090. The zero-order valence-electron chi connectivity index (χ0n) is 18.3. The van der Waals surface area contributed by atoms with Crippen LogP contribution < -0.4 is 5.32 Å². The molecule has 7 nitrogen and oxygen atoms in total. The van der Waals surface area contributed by atoms with E-state index in [9.17, 15) is 14.7 Å². The lowest BCUT2D eigenvalue weighted by Gasteiger charge is -2.27. The van der Waals surface area contributed by atoms with Crippen molar-refractivity contribution in [3.8, 4) is 0 Å². The molecule has 7 heteroatoms. The molecule has 1 aromatic heterocycles. The van der Waals surface area contributed by atoms with Gasteiger partial charge in [-0.3, -0.25) is 19.2 Å². The Morgan fingerprint density at radius 2 is 1.81 bits per heavy atom. The van der Waals surface area contributed by atoms with Gasteiger partial charge >= 0.3 is 0 Å². The van der Waals surface area contributed by atoms with Crippen molar-refractivity contribution in [2.45, 2.75) is 39.5 Å². The molecule has 1 aliphatic heterocycles. The van der Waals surface area contributed by atoms with Crippen LogP contribution in [-0.4, -0.2) is 44.6 Å². The third-order valence-electron chi connectivity index (χ3n) is 5.80. The van der Waals surface area contributed by atoms with Crippen LogP contribution in [0.3, 0.4) is 0 Å². The smallest absolute Gasteiger partial charge is 0.272 e. The van der Waals surface area contributed by atoms with Gasteiger partial charge < -0.3 is 10.4 Å². The maximum absolute atomic E-state index is 13.0. The summed E-state index contributed by atoms with van der Waals surface area (Å²) in [7, 11) is 0. The molecule has 0 radical (unpaired) electrons. The van der Waals surface area contributed by atoms with E-state index < -0.39 is 0 Å². The summed E-state index contributed by atoms with van der Waals surface area (Å²) < 4.78 is 1.77. The second-order valence-corrected chi connectivity index (χ2v) is 8.10. The summed E-state index contributed by atoms with van der Waals surface area (Å²) in [5.41, 5.74) is 5.23. The Hall–Kier alpha value is -3.29. The normalized spacial score (nSPS) is 13.6. The topological polar surface area (TPSA) is 87.5 Å². The molecule has 0 aliphatic carbocycles. The summed E-state index contributed by atoms with van der Waals surface area (Å²) in [5.74, 6) is -0.143. The Labute approximate surface area is 187 Å². The van der Waals surface area contributed by atoms with Gasteiger partial charge in [0.1, 0.15) is 0 Å². The van der Waals surface area contributed by atoms with E-state index in [2.05, 4.69) is 15.3 Å². The predicted octanol–water partition coefficient (Wildman–Crippen LogP) is 2.57. The molecule has 0 spiro atoms. The summed E-state index contributed by atoms with van der Waals surface area (Å²) in [5, 5.41) is 17.0. The van der Waals surface area contributed by atoms with Crippen LogP contribution in [-0.2, 0) is 32.6 Å². The van der Waals surface area contributed by atoms with Crippen molar-refractivity contribution in [3.05, 3.63) is 88.2 Å². The average Bonchev–Trinajstić information content (AvgIpc) is 3.16. The third kappa shape index (κ3) is 4.95. The molecule has 166 valence electrons. The van der Waals surface area contributed by atoms with Gasteiger partial charge in [0.25, 0.3) is 5.91 Å². The van der Waals surface area contributed by atoms with Crippen molar-refractivity contribution >= 4 is 11.7 Å². The number of aliphatic hydroxyl groups excluding tert-OH is 1. The zero-order valence-corrected chi connectivity index (χ0v) is 18.3. The van der Waals surface area contributed by atoms with Gasteiger partial charge in [0.2, 0.25) is 0 Å². The number of hydrogen-bond acceptors (Lipinski definition) is 5. The highest BCUT2D eigenvalue weighted by atomic mass is 16.3. The first-order valence-electron chi connectivity index (χ1n) is 10.9. The summed E-state index contributed by atoms with van der Waals surface area (Å²) in [4.78, 5) is 26.8. The van der Waals surface area contributed by atoms with Crippen LogP contribution >= 0.6 is 0 Å². The third-order valence-corrected chi connectivity index (χ3v) is 5.80. The van der Waals surface area contributed by atoms with E-state index in [4.69, 9.17) is 0 Å². The number of amides is 1. The number of hydrogen-bond donors (Lipinski definition) is 2. The summed E-state index contributed by atoms with van der Waals surface area (Å²) >= 11 is 0. The fraction of sp³-hybridized carbons (Fsp3) is 0.320. The number of Topliss-reactive ketones (excluding diaryl/α,β-unsaturated/α-hetero) is 1. The minimum atomic E-state index is -0.200. The van der Waals surface area contributed by atoms with E-state index in [0.717, 1.165) is 41.9 Å². The standard InChI is InChI=1S/C25H28N4O3/c1-18(31)21-9-7-20(8-10-21)16-28-12-11-23-22(17-28)24(27-29(23)13-14-30)25(32)26-15-19-5-3-2-4-6-19/h2-10,30H,11-17H2,1H3,(H,26,32). The number of ketones is 1. The number of nitrogens with zero attached hydrogens (tertiary/aromatic N) is 3. The lowest BCUT2D eigenvalue weighted by molar-refractivity contribution is 0.0941. The van der Waals surface area contributed by atoms with Gasteiger partial charge in [-0.2, -0.15) is 5.10 Å². The predicted molar refractivity (Wildman–Crippen MR) is 121 cm³/mol. The van der Waals surface area contributed by atoms with E-state index in [1.54, 1.807) is 11.6 Å². The molecule has 4 rings (SSSR count). The summed E-state index contributed by atoms with van der Waals surface area (Å²) in [6.07, 6.45) is 0.764. The molecule has 2 heterocycles. The van der Waals surface area contributed by atoms with Crippen molar-refractivity contribution in [1.82, 2.24) is 20.0 Å². The maximum Gasteiger partial charge on any atom is 0.272 e. The van der Waals surface area contributed by atoms with E-state index in [0.29, 0.717) is 30.9 Å². The minimum Gasteiger partial charge on any atom is -0.394 e. The highest BCUT2D eigenvalue weighted by Crippen LogP contribution is 2.24. The average molecular weight is 433 g/mol. The van der Waals surface area contributed by atoms with Gasteiger partial charge in [0, 0.05) is 49.4 Å². The van der Waals surface area contributed by atoms with Crippen LogP contribution in [0, 0.1) is 0 Å². The Morgan fingerprint density at radius 1 is 1.06 bits per heavy atom. The number of nitrogens with one attached hydrogen (secondary N) is 1. The van der Waals surface area contributed by atoms with Crippen LogP contribution in [0.4, 0.5) is 0 Å². The Balaban J connectivity index is 1.50. The molecule has 0 saturated carbocycles. The van der Waals surface area contributed by atoms with Crippen LogP contribution in [0.15, 0.2) is 54.6 Å². The fourth-order valence-corrected chi connectivity index (χ4v) is 4.11. The van der Waals surface area contributed by atoms with Crippen molar-refractivity contribution in [3.63, 3.8) is 0 Å². The SMILES string of the molecule is CC(=O)c1ccc(CN2CCc3c(c(C(=O)NCc4ccccc4)nn3CCO)C2)cc1. The number of aromatic nitrogens is 2. The number of fused-ring (bicyclic) bond motifs is 1. The van der Waals surface area contributed by atoms with Crippen molar-refractivity contribution in [2.24, 2.45) is 0 Å². The number of aliphatic hydroxyl groups is 1. The molecule has 3 aromatic rings. The van der Waals surface area contributed by atoms with Gasteiger partial charge in [-0.05, 0) is 18.1 Å². The largest absolute Gasteiger partial charge is 0.394 e. The van der Waals surface area contributed by atoms with Gasteiger partial charge in [-0.15, -0.1) is 0 Å². The molecule has 0 fully saturated rings. The van der Waals surface area contributed by atoms with Gasteiger partial charge in [0.15, 0.2) is 11.5 Å². The minimum absolute atomic E-state index is 0.0224. The van der Waals surface area contributed by atoms with E-state index in [1.165, 1.54) is 0 Å². The molecular formula is C25H28N4O3. The monoisotopic (exact) mass is 432 g/mol. The highest BCUT2D eigenvalue weighted by molar-refractivity contribution is 5.94. The quantitative estimate of drug-likeness (QED) is 0.534. The van der Waals surface area contributed by atoms with Crippen molar-refractivity contribution in [2.75, 3.05) is 13.2 Å². The number of carbonyl (C=O) groups is 2. The first-order valence-corrected chi connectivity index (χ1v) is 10.9. The van der Waals surface area contributed by atoms with Crippen molar-refractivity contribution in [1.29, 1.82) is 0 Å². The molecule has 1 aliphatic rings. The van der Waals surface area contributed by atoms with E-state index >= 15 is 0 Å². The first kappa shape index (κ1) is 21.9.